The Morgan fingerprint density at radius 2 is 2.04 bits per heavy atom. The van der Waals surface area contributed by atoms with Crippen LogP contribution in [-0.2, 0) is 7.05 Å². The zero-order valence-electron chi connectivity index (χ0n) is 14.2. The first-order chi connectivity index (χ1) is 12.6. The zero-order chi connectivity index (χ0) is 18.5. The van der Waals surface area contributed by atoms with Crippen molar-refractivity contribution in [3.05, 3.63) is 62.7 Å². The van der Waals surface area contributed by atoms with E-state index in [0.29, 0.717) is 35.9 Å². The summed E-state index contributed by atoms with van der Waals surface area (Å²) in [4.78, 5) is 25.5. The van der Waals surface area contributed by atoms with Crippen LogP contribution >= 0.6 is 11.3 Å². The third-order valence-electron chi connectivity index (χ3n) is 3.97. The smallest absolute Gasteiger partial charge is 0.274 e. The van der Waals surface area contributed by atoms with Gasteiger partial charge in [-0.05, 0) is 30.4 Å². The molecule has 0 aliphatic rings. The lowest BCUT2D eigenvalue weighted by Gasteiger charge is -2.09. The average Bonchev–Trinajstić information content (AvgIpc) is 3.19. The van der Waals surface area contributed by atoms with E-state index in [1.165, 1.54) is 23.1 Å². The first-order valence-corrected chi connectivity index (χ1v) is 8.99. The molecule has 0 atom stereocenters. The number of rotatable bonds is 6. The maximum Gasteiger partial charge on any atom is 0.274 e. The molecule has 0 spiro atoms. The monoisotopic (exact) mass is 370 g/mol. The Balaban J connectivity index is 1.67. The maximum atomic E-state index is 12.5. The normalized spacial score (nSPS) is 11.7. The van der Waals surface area contributed by atoms with Crippen LogP contribution in [0.2, 0.25) is 0 Å². The van der Waals surface area contributed by atoms with Crippen molar-refractivity contribution in [3.8, 4) is 0 Å². The summed E-state index contributed by atoms with van der Waals surface area (Å²) in [6, 6.07) is 10.7. The molecule has 7 nitrogen and oxygen atoms in total. The van der Waals surface area contributed by atoms with Gasteiger partial charge in [-0.1, -0.05) is 29.4 Å². The molecule has 0 aliphatic carbocycles. The minimum Gasteiger partial charge on any atom is -0.411 e. The molecule has 1 amide bonds. The first kappa shape index (κ1) is 17.8. The number of hydrogen-bond acceptors (Lipinski definition) is 6. The summed E-state index contributed by atoms with van der Waals surface area (Å²) in [6.45, 7) is 0.405. The highest BCUT2D eigenvalue weighted by Gasteiger charge is 2.15. The summed E-state index contributed by atoms with van der Waals surface area (Å²) < 4.78 is 1.17. The van der Waals surface area contributed by atoms with Crippen molar-refractivity contribution in [2.24, 2.45) is 12.2 Å². The first-order valence-electron chi connectivity index (χ1n) is 8.11. The van der Waals surface area contributed by atoms with E-state index in [9.17, 15) is 9.59 Å². The quantitative estimate of drug-likeness (QED) is 0.301. The summed E-state index contributed by atoms with van der Waals surface area (Å²) in [5.74, 6) is -0.338. The van der Waals surface area contributed by atoms with Crippen LogP contribution in [0.4, 0.5) is 0 Å². The lowest BCUT2D eigenvalue weighted by molar-refractivity contribution is 0.0948. The van der Waals surface area contributed by atoms with Gasteiger partial charge in [0.25, 0.3) is 11.5 Å². The average molecular weight is 370 g/mol. The van der Waals surface area contributed by atoms with Gasteiger partial charge >= 0.3 is 0 Å². The fourth-order valence-corrected chi connectivity index (χ4v) is 3.41. The van der Waals surface area contributed by atoms with Crippen LogP contribution < -0.4 is 10.9 Å². The molecule has 0 aliphatic heterocycles. The van der Waals surface area contributed by atoms with Crippen LogP contribution in [0.15, 0.2) is 51.7 Å². The number of amides is 1. The van der Waals surface area contributed by atoms with E-state index in [1.54, 1.807) is 24.3 Å². The number of nitrogens with one attached hydrogen (secondary N) is 1. The van der Waals surface area contributed by atoms with Crippen molar-refractivity contribution in [1.29, 1.82) is 0 Å². The maximum absolute atomic E-state index is 12.5. The predicted molar refractivity (Wildman–Crippen MR) is 101 cm³/mol. The fraction of sp³-hybridized carbons (Fsp3) is 0.222. The topological polar surface area (TPSA) is 96.6 Å². The van der Waals surface area contributed by atoms with Gasteiger partial charge in [-0.15, -0.1) is 11.3 Å². The number of nitrogens with zero attached hydrogens (tertiary/aromatic N) is 3. The number of carbonyl (C=O) groups is 1. The van der Waals surface area contributed by atoms with Gasteiger partial charge in [0.05, 0.1) is 16.0 Å². The molecular formula is C18H18N4O3S. The van der Waals surface area contributed by atoms with Gasteiger partial charge in [0.1, 0.15) is 0 Å². The summed E-state index contributed by atoms with van der Waals surface area (Å²) in [7, 11) is 1.52. The van der Waals surface area contributed by atoms with Gasteiger partial charge in [0.2, 0.25) is 0 Å². The van der Waals surface area contributed by atoms with E-state index in [2.05, 4.69) is 15.6 Å². The molecule has 2 heterocycles. The second-order valence-electron chi connectivity index (χ2n) is 5.71. The largest absolute Gasteiger partial charge is 0.411 e. The van der Waals surface area contributed by atoms with E-state index in [4.69, 9.17) is 5.21 Å². The molecule has 0 saturated heterocycles. The van der Waals surface area contributed by atoms with E-state index in [-0.39, 0.29) is 17.2 Å². The second-order valence-corrected chi connectivity index (χ2v) is 6.65. The van der Waals surface area contributed by atoms with Crippen molar-refractivity contribution in [2.45, 2.75) is 12.8 Å². The van der Waals surface area contributed by atoms with Crippen molar-refractivity contribution < 1.29 is 10.0 Å². The Kier molecular flexibility index (Phi) is 5.43. The molecule has 0 bridgehead atoms. The van der Waals surface area contributed by atoms with Crippen LogP contribution in [0, 0.1) is 0 Å². The van der Waals surface area contributed by atoms with Crippen molar-refractivity contribution in [2.75, 3.05) is 6.54 Å². The number of hydrogen-bond donors (Lipinski definition) is 2. The highest BCUT2D eigenvalue weighted by Crippen LogP contribution is 2.14. The van der Waals surface area contributed by atoms with Gasteiger partial charge < -0.3 is 10.5 Å². The summed E-state index contributed by atoms with van der Waals surface area (Å²) in [6.07, 6.45) is 1.16. The lowest BCUT2D eigenvalue weighted by Crippen LogP contribution is -2.30. The number of benzene rings is 1. The van der Waals surface area contributed by atoms with Gasteiger partial charge in [0, 0.05) is 19.0 Å². The van der Waals surface area contributed by atoms with Gasteiger partial charge in [-0.25, -0.2) is 4.68 Å². The van der Waals surface area contributed by atoms with E-state index in [0.717, 1.165) is 4.88 Å². The van der Waals surface area contributed by atoms with Crippen molar-refractivity contribution >= 4 is 33.7 Å². The third-order valence-corrected chi connectivity index (χ3v) is 4.89. The highest BCUT2D eigenvalue weighted by molar-refractivity contribution is 7.12. The summed E-state index contributed by atoms with van der Waals surface area (Å²) in [5.41, 5.74) is 0.578. The summed E-state index contributed by atoms with van der Waals surface area (Å²) >= 11 is 1.50. The van der Waals surface area contributed by atoms with E-state index < -0.39 is 0 Å². The number of fused-ring (bicyclic) bond motifs is 1. The van der Waals surface area contributed by atoms with E-state index >= 15 is 0 Å². The minimum absolute atomic E-state index is 0.219. The Bertz CT molecular complexity index is 1010. The number of aromatic nitrogens is 2. The van der Waals surface area contributed by atoms with Crippen molar-refractivity contribution in [3.63, 3.8) is 0 Å². The molecular weight excluding hydrogens is 352 g/mol. The SMILES string of the molecule is Cn1nc(C(=O)NCCC/C(=N\O)c2cccs2)c2ccccc2c1=O. The van der Waals surface area contributed by atoms with Crippen molar-refractivity contribution in [1.82, 2.24) is 15.1 Å². The molecule has 0 unspecified atom stereocenters. The number of carbonyl (C=O) groups excluding carboxylic acids is 1. The Morgan fingerprint density at radius 3 is 2.73 bits per heavy atom. The van der Waals surface area contributed by atoms with Crippen LogP contribution in [0.1, 0.15) is 28.2 Å². The minimum atomic E-state index is -0.338. The number of oxime groups is 1. The number of thiophene rings is 1. The molecule has 3 aromatic rings. The molecule has 8 heteroatoms. The Hall–Kier alpha value is -3.00. The van der Waals surface area contributed by atoms with Crippen LogP contribution in [0.5, 0.6) is 0 Å². The fourth-order valence-electron chi connectivity index (χ4n) is 2.67. The molecule has 0 fully saturated rings. The Morgan fingerprint density at radius 1 is 1.27 bits per heavy atom. The van der Waals surface area contributed by atoms with Gasteiger partial charge in [-0.2, -0.15) is 5.10 Å². The molecule has 26 heavy (non-hydrogen) atoms. The second kappa shape index (κ2) is 7.92. The molecule has 1 aromatic carbocycles. The van der Waals surface area contributed by atoms with Gasteiger partial charge in [0.15, 0.2) is 5.69 Å². The highest BCUT2D eigenvalue weighted by atomic mass is 32.1. The molecule has 0 radical (unpaired) electrons. The van der Waals surface area contributed by atoms with Crippen LogP contribution in [0.3, 0.4) is 0 Å². The van der Waals surface area contributed by atoms with Crippen LogP contribution in [0.25, 0.3) is 10.8 Å². The standard InChI is InChI=1S/C18H18N4O3S/c1-22-18(24)13-7-3-2-6-12(13)16(20-22)17(23)19-10-4-8-14(21-25)15-9-5-11-26-15/h2-3,5-7,9,11,25H,4,8,10H2,1H3,(H,19,23)/b21-14+. The lowest BCUT2D eigenvalue weighted by atomic mass is 10.1. The summed E-state index contributed by atoms with van der Waals surface area (Å²) in [5, 5.41) is 22.3. The molecule has 134 valence electrons. The molecule has 2 N–H and O–H groups in total. The zero-order valence-corrected chi connectivity index (χ0v) is 15.0. The molecule has 3 rings (SSSR count). The Labute approximate surface area is 153 Å². The van der Waals surface area contributed by atoms with Gasteiger partial charge in [-0.3, -0.25) is 9.59 Å². The predicted octanol–water partition coefficient (Wildman–Crippen LogP) is 2.38. The number of aryl methyl sites for hydroxylation is 1. The molecule has 2 aromatic heterocycles. The van der Waals surface area contributed by atoms with Crippen LogP contribution in [-0.4, -0.2) is 33.2 Å². The molecule has 0 saturated carbocycles. The van der Waals surface area contributed by atoms with E-state index in [1.807, 2.05) is 17.5 Å². The third kappa shape index (κ3) is 3.65.